The number of carbonyl (C=O) groups is 1. The molecule has 0 spiro atoms. The van der Waals surface area contributed by atoms with E-state index in [4.69, 9.17) is 17.0 Å². The Morgan fingerprint density at radius 1 is 1.16 bits per heavy atom. The van der Waals surface area contributed by atoms with Crippen LogP contribution in [0.2, 0.25) is 0 Å². The van der Waals surface area contributed by atoms with Gasteiger partial charge in [0.05, 0.1) is 12.3 Å². The van der Waals surface area contributed by atoms with Gasteiger partial charge in [0, 0.05) is 0 Å². The van der Waals surface area contributed by atoms with Gasteiger partial charge in [0.1, 0.15) is 11.4 Å². The zero-order valence-corrected chi connectivity index (χ0v) is 15.1. The number of ether oxygens (including phenoxy) is 1. The van der Waals surface area contributed by atoms with E-state index < -0.39 is 0 Å². The predicted octanol–water partition coefficient (Wildman–Crippen LogP) is 4.05. The summed E-state index contributed by atoms with van der Waals surface area (Å²) in [6.07, 6.45) is 2.77. The van der Waals surface area contributed by atoms with Gasteiger partial charge in [-0.15, -0.1) is 0 Å². The number of hydrogen-bond donors (Lipinski definition) is 1. The maximum atomic E-state index is 12.8. The highest BCUT2D eigenvalue weighted by molar-refractivity contribution is 7.80. The first kappa shape index (κ1) is 17.2. The summed E-state index contributed by atoms with van der Waals surface area (Å²) in [7, 11) is 0. The van der Waals surface area contributed by atoms with Crippen LogP contribution >= 0.6 is 12.2 Å². The number of nitrogens with zero attached hydrogens (tertiary/aromatic N) is 1. The quantitative estimate of drug-likeness (QED) is 0.651. The van der Waals surface area contributed by atoms with Crippen molar-refractivity contribution in [2.45, 2.75) is 20.3 Å². The van der Waals surface area contributed by atoms with Crippen molar-refractivity contribution in [2.75, 3.05) is 11.5 Å². The lowest BCUT2D eigenvalue weighted by atomic mass is 10.1. The van der Waals surface area contributed by atoms with E-state index in [9.17, 15) is 4.79 Å². The largest absolute Gasteiger partial charge is 0.494 e. The molecule has 1 fully saturated rings. The number of rotatable bonds is 5. The second-order valence-corrected chi connectivity index (χ2v) is 6.22. The molecular weight excluding hydrogens is 332 g/mol. The van der Waals surface area contributed by atoms with Crippen LogP contribution in [0.3, 0.4) is 0 Å². The highest BCUT2D eigenvalue weighted by Gasteiger charge is 2.32. The number of para-hydroxylation sites is 1. The number of anilines is 1. The van der Waals surface area contributed by atoms with Crippen molar-refractivity contribution in [1.29, 1.82) is 0 Å². The summed E-state index contributed by atoms with van der Waals surface area (Å²) in [6, 6.07) is 15.3. The highest BCUT2D eigenvalue weighted by atomic mass is 32.1. The third kappa shape index (κ3) is 3.72. The maximum absolute atomic E-state index is 12.8. The average Bonchev–Trinajstić information content (AvgIpc) is 2.89. The molecular formula is C20H20N2O2S. The number of nitrogens with one attached hydrogen (secondary N) is 1. The summed E-state index contributed by atoms with van der Waals surface area (Å²) in [4.78, 5) is 14.3. The SMILES string of the molecule is CCCOc1ccc(/C=C2\NC(=S)N(c3ccccc3C)C2=O)cc1. The molecule has 2 aromatic carbocycles. The van der Waals surface area contributed by atoms with Gasteiger partial charge >= 0.3 is 0 Å². The molecule has 0 aromatic heterocycles. The average molecular weight is 352 g/mol. The second-order valence-electron chi connectivity index (χ2n) is 5.83. The second kappa shape index (κ2) is 7.49. The molecule has 1 saturated heterocycles. The lowest BCUT2D eigenvalue weighted by Crippen LogP contribution is -2.30. The van der Waals surface area contributed by atoms with E-state index in [0.717, 1.165) is 29.0 Å². The van der Waals surface area contributed by atoms with Gasteiger partial charge in [0.2, 0.25) is 0 Å². The van der Waals surface area contributed by atoms with Crippen molar-refractivity contribution in [3.8, 4) is 5.75 Å². The summed E-state index contributed by atoms with van der Waals surface area (Å²) in [5.74, 6) is 0.678. The first-order valence-corrected chi connectivity index (χ1v) is 8.66. The molecule has 0 radical (unpaired) electrons. The Morgan fingerprint density at radius 2 is 1.88 bits per heavy atom. The number of amides is 1. The molecule has 1 aliphatic heterocycles. The molecule has 0 bridgehead atoms. The van der Waals surface area contributed by atoms with Crippen LogP contribution in [0.5, 0.6) is 5.75 Å². The molecule has 25 heavy (non-hydrogen) atoms. The smallest absolute Gasteiger partial charge is 0.281 e. The van der Waals surface area contributed by atoms with Crippen LogP contribution in [-0.2, 0) is 4.79 Å². The van der Waals surface area contributed by atoms with Gasteiger partial charge in [0.25, 0.3) is 5.91 Å². The van der Waals surface area contributed by atoms with Crippen molar-refractivity contribution in [3.05, 3.63) is 65.4 Å². The van der Waals surface area contributed by atoms with Gasteiger partial charge in [-0.25, -0.2) is 0 Å². The Kier molecular flexibility index (Phi) is 5.14. The summed E-state index contributed by atoms with van der Waals surface area (Å²) < 4.78 is 5.57. The highest BCUT2D eigenvalue weighted by Crippen LogP contribution is 2.25. The van der Waals surface area contributed by atoms with Gasteiger partial charge in [-0.1, -0.05) is 37.3 Å². The summed E-state index contributed by atoms with van der Waals surface area (Å²) in [5, 5.41) is 3.41. The third-order valence-electron chi connectivity index (χ3n) is 3.90. The Balaban J connectivity index is 1.82. The van der Waals surface area contributed by atoms with Crippen LogP contribution in [0.25, 0.3) is 6.08 Å². The minimum atomic E-state index is -0.148. The van der Waals surface area contributed by atoms with Crippen LogP contribution in [0.1, 0.15) is 24.5 Å². The first-order valence-electron chi connectivity index (χ1n) is 8.26. The minimum absolute atomic E-state index is 0.148. The fraction of sp³-hybridized carbons (Fsp3) is 0.200. The summed E-state index contributed by atoms with van der Waals surface area (Å²) in [5.41, 5.74) is 3.18. The fourth-order valence-corrected chi connectivity index (χ4v) is 2.91. The molecule has 0 unspecified atom stereocenters. The molecule has 0 atom stereocenters. The molecule has 1 heterocycles. The van der Waals surface area contributed by atoms with Gasteiger partial charge in [-0.2, -0.15) is 0 Å². The van der Waals surface area contributed by atoms with Gasteiger partial charge in [-0.05, 0) is 61.0 Å². The molecule has 0 saturated carbocycles. The van der Waals surface area contributed by atoms with E-state index in [1.165, 1.54) is 4.90 Å². The van der Waals surface area contributed by atoms with Crippen LogP contribution in [-0.4, -0.2) is 17.6 Å². The lowest BCUT2D eigenvalue weighted by molar-refractivity contribution is -0.113. The number of aryl methyl sites for hydroxylation is 1. The van der Waals surface area contributed by atoms with E-state index >= 15 is 0 Å². The number of thiocarbonyl (C=S) groups is 1. The van der Waals surface area contributed by atoms with Crippen molar-refractivity contribution in [3.63, 3.8) is 0 Å². The fourth-order valence-electron chi connectivity index (χ4n) is 2.62. The predicted molar refractivity (Wildman–Crippen MR) is 105 cm³/mol. The Hall–Kier alpha value is -2.66. The van der Waals surface area contributed by atoms with E-state index in [0.29, 0.717) is 17.4 Å². The molecule has 1 amide bonds. The van der Waals surface area contributed by atoms with Crippen molar-refractivity contribution in [1.82, 2.24) is 5.32 Å². The molecule has 1 aliphatic rings. The molecule has 0 aliphatic carbocycles. The monoisotopic (exact) mass is 352 g/mol. The topological polar surface area (TPSA) is 41.6 Å². The van der Waals surface area contributed by atoms with E-state index in [2.05, 4.69) is 12.2 Å². The van der Waals surface area contributed by atoms with Crippen molar-refractivity contribution >= 4 is 35.0 Å². The Morgan fingerprint density at radius 3 is 2.56 bits per heavy atom. The van der Waals surface area contributed by atoms with Crippen LogP contribution in [0, 0.1) is 6.92 Å². The maximum Gasteiger partial charge on any atom is 0.281 e. The van der Waals surface area contributed by atoms with Crippen LogP contribution in [0.15, 0.2) is 54.2 Å². The molecule has 3 rings (SSSR count). The molecule has 128 valence electrons. The normalized spacial score (nSPS) is 15.6. The lowest BCUT2D eigenvalue weighted by Gasteiger charge is -2.16. The van der Waals surface area contributed by atoms with Gasteiger partial charge in [0.15, 0.2) is 5.11 Å². The van der Waals surface area contributed by atoms with Crippen LogP contribution < -0.4 is 15.0 Å². The summed E-state index contributed by atoms with van der Waals surface area (Å²) >= 11 is 5.35. The first-order chi connectivity index (χ1) is 12.1. The van der Waals surface area contributed by atoms with E-state index in [1.807, 2.05) is 55.5 Å². The van der Waals surface area contributed by atoms with E-state index in [-0.39, 0.29) is 5.91 Å². The standard InChI is InChI=1S/C20H20N2O2S/c1-3-12-24-16-10-8-15(9-11-16)13-17-19(23)22(20(25)21-17)18-7-5-4-6-14(18)2/h4-11,13H,3,12H2,1-2H3,(H,21,25)/b17-13-. The number of benzene rings is 2. The number of carbonyl (C=O) groups excluding carboxylic acids is 1. The van der Waals surface area contributed by atoms with Crippen molar-refractivity contribution < 1.29 is 9.53 Å². The molecule has 2 aromatic rings. The molecule has 1 N–H and O–H groups in total. The Labute approximate surface area is 153 Å². The summed E-state index contributed by atoms with van der Waals surface area (Å²) in [6.45, 7) is 4.72. The zero-order chi connectivity index (χ0) is 17.8. The molecule has 4 nitrogen and oxygen atoms in total. The molecule has 5 heteroatoms. The van der Waals surface area contributed by atoms with Gasteiger partial charge in [-0.3, -0.25) is 9.69 Å². The van der Waals surface area contributed by atoms with Crippen molar-refractivity contribution in [2.24, 2.45) is 0 Å². The van der Waals surface area contributed by atoms with Crippen LogP contribution in [0.4, 0.5) is 5.69 Å². The number of hydrogen-bond acceptors (Lipinski definition) is 3. The zero-order valence-electron chi connectivity index (χ0n) is 14.3. The third-order valence-corrected chi connectivity index (χ3v) is 4.18. The van der Waals surface area contributed by atoms with Gasteiger partial charge < -0.3 is 10.1 Å². The Bertz CT molecular complexity index is 828. The van der Waals surface area contributed by atoms with E-state index in [1.54, 1.807) is 6.08 Å². The minimum Gasteiger partial charge on any atom is -0.494 e.